The molecular weight excluding hydrogens is 564 g/mol. The van der Waals surface area contributed by atoms with E-state index in [1.807, 2.05) is 60.7 Å². The number of nitrogens with zero attached hydrogens (tertiary/aromatic N) is 2. The van der Waals surface area contributed by atoms with Crippen molar-refractivity contribution in [2.24, 2.45) is 0 Å². The Hall–Kier alpha value is -5.74. The molecule has 0 saturated heterocycles. The predicted octanol–water partition coefficient (Wildman–Crippen LogP) is 9.41. The first-order valence-corrected chi connectivity index (χ1v) is 15.6. The molecule has 0 fully saturated rings. The van der Waals surface area contributed by atoms with Crippen LogP contribution in [0.1, 0.15) is 22.3 Å². The highest BCUT2D eigenvalue weighted by Crippen LogP contribution is 2.35. The number of hydrogen-bond donors (Lipinski definition) is 0. The summed E-state index contributed by atoms with van der Waals surface area (Å²) in [5.74, 6) is 0. The average Bonchev–Trinajstić information content (AvgIpc) is 3.52. The van der Waals surface area contributed by atoms with Crippen LogP contribution >= 0.6 is 0 Å². The molecule has 0 aliphatic heterocycles. The smallest absolute Gasteiger partial charge is 0.267 e. The van der Waals surface area contributed by atoms with Crippen LogP contribution in [0.25, 0.3) is 66.3 Å². The van der Waals surface area contributed by atoms with Gasteiger partial charge >= 0.3 is 0 Å². The van der Waals surface area contributed by atoms with Gasteiger partial charge in [0.05, 0.1) is 21.8 Å². The Bertz CT molecular complexity index is 2370. The zero-order chi connectivity index (χ0) is 31.7. The molecule has 2 heterocycles. The molecule has 0 aliphatic rings. The fourth-order valence-corrected chi connectivity index (χ4v) is 7.37. The highest BCUT2D eigenvalue weighted by atomic mass is 16.2. The first-order valence-electron chi connectivity index (χ1n) is 15.6. The third-order valence-electron chi connectivity index (χ3n) is 9.35. The van der Waals surface area contributed by atoms with Crippen molar-refractivity contribution in [3.05, 3.63) is 164 Å². The number of benzene rings is 6. The first-order chi connectivity index (χ1) is 22.3. The van der Waals surface area contributed by atoms with Crippen LogP contribution in [0.3, 0.4) is 0 Å². The van der Waals surface area contributed by atoms with Crippen molar-refractivity contribution in [1.82, 2.24) is 9.03 Å². The Kier molecular flexibility index (Phi) is 6.29. The molecule has 0 spiro atoms. The van der Waals surface area contributed by atoms with E-state index in [1.165, 1.54) is 26.8 Å². The van der Waals surface area contributed by atoms with Gasteiger partial charge in [-0.05, 0) is 119 Å². The van der Waals surface area contributed by atoms with E-state index >= 15 is 0 Å². The standard InChI is InChI=1S/C42H32N2O2/c1-25-19-33(29-11-7-5-8-12-29)20-26(2)39(25)31-15-17-37-35(23-31)41(45)44-42(46)36-24-32(16-18-38(36)43(37)44)40-27(3)21-34(22-28(40)4)30-13-9-6-10-14-30/h5-24H,1-4H3. The van der Waals surface area contributed by atoms with Crippen LogP contribution < -0.4 is 11.1 Å². The summed E-state index contributed by atoms with van der Waals surface area (Å²) in [6.45, 7) is 8.45. The average molecular weight is 597 g/mol. The number of aryl methyl sites for hydroxylation is 4. The molecule has 8 aromatic rings. The first kappa shape index (κ1) is 27.8. The highest BCUT2D eigenvalue weighted by Gasteiger charge is 2.20. The largest absolute Gasteiger partial charge is 0.282 e. The topological polar surface area (TPSA) is 43.0 Å². The Morgan fingerprint density at radius 2 is 0.739 bits per heavy atom. The monoisotopic (exact) mass is 596 g/mol. The van der Waals surface area contributed by atoms with Gasteiger partial charge in [0.2, 0.25) is 0 Å². The second-order valence-electron chi connectivity index (χ2n) is 12.4. The van der Waals surface area contributed by atoms with Gasteiger partial charge in [0.15, 0.2) is 0 Å². The minimum atomic E-state index is -0.296. The van der Waals surface area contributed by atoms with E-state index in [2.05, 4.69) is 88.4 Å². The molecule has 4 heteroatoms. The summed E-state index contributed by atoms with van der Waals surface area (Å²) in [5, 5.41) is 1.07. The molecule has 0 N–H and O–H groups in total. The Labute approximate surface area is 266 Å². The molecule has 0 amide bonds. The minimum Gasteiger partial charge on any atom is -0.267 e. The molecule has 0 saturated carbocycles. The molecule has 0 unspecified atom stereocenters. The Morgan fingerprint density at radius 3 is 1.11 bits per heavy atom. The lowest BCUT2D eigenvalue weighted by atomic mass is 9.91. The summed E-state index contributed by atoms with van der Waals surface area (Å²) in [6.07, 6.45) is 0. The molecular formula is C42H32N2O2. The van der Waals surface area contributed by atoms with Crippen molar-refractivity contribution >= 4 is 21.8 Å². The van der Waals surface area contributed by atoms with Gasteiger partial charge < -0.3 is 0 Å². The van der Waals surface area contributed by atoms with E-state index in [9.17, 15) is 9.59 Å². The molecule has 0 radical (unpaired) electrons. The molecule has 222 valence electrons. The van der Waals surface area contributed by atoms with Crippen molar-refractivity contribution in [3.63, 3.8) is 0 Å². The Morgan fingerprint density at radius 1 is 0.370 bits per heavy atom. The molecule has 0 bridgehead atoms. The minimum absolute atomic E-state index is 0.296. The van der Waals surface area contributed by atoms with Gasteiger partial charge in [-0.25, -0.2) is 4.52 Å². The van der Waals surface area contributed by atoms with Crippen molar-refractivity contribution < 1.29 is 0 Å². The van der Waals surface area contributed by atoms with Crippen LogP contribution in [0.4, 0.5) is 0 Å². The fourth-order valence-electron chi connectivity index (χ4n) is 7.37. The third kappa shape index (κ3) is 4.21. The van der Waals surface area contributed by atoms with E-state index in [0.717, 1.165) is 55.5 Å². The van der Waals surface area contributed by atoms with Crippen molar-refractivity contribution in [2.75, 3.05) is 0 Å². The van der Waals surface area contributed by atoms with Crippen LogP contribution in [0.15, 0.2) is 131 Å². The Balaban J connectivity index is 1.24. The summed E-state index contributed by atoms with van der Waals surface area (Å²) in [6, 6.07) is 41.4. The fraction of sp³-hybridized carbons (Fsp3) is 0.0952. The normalized spacial score (nSPS) is 11.7. The van der Waals surface area contributed by atoms with Crippen molar-refractivity contribution in [2.45, 2.75) is 27.7 Å². The van der Waals surface area contributed by atoms with Crippen molar-refractivity contribution in [1.29, 1.82) is 0 Å². The summed E-state index contributed by atoms with van der Waals surface area (Å²) in [4.78, 5) is 27.7. The maximum atomic E-state index is 13.8. The van der Waals surface area contributed by atoms with Crippen molar-refractivity contribution in [3.8, 4) is 44.5 Å². The molecule has 4 nitrogen and oxygen atoms in total. The SMILES string of the molecule is Cc1cc(-c2ccccc2)cc(C)c1-c1ccc2c(c1)c(=O)n1c(=O)c3cc(-c4c(C)cc(-c5ccccc5)cc4C)ccc3n21. The second-order valence-corrected chi connectivity index (χ2v) is 12.4. The van der Waals surface area contributed by atoms with Gasteiger partial charge in [0, 0.05) is 0 Å². The lowest BCUT2D eigenvalue weighted by Crippen LogP contribution is -2.21. The summed E-state index contributed by atoms with van der Waals surface area (Å²) in [7, 11) is 0. The molecule has 46 heavy (non-hydrogen) atoms. The molecule has 0 atom stereocenters. The number of aromatic nitrogens is 2. The van der Waals surface area contributed by atoms with Gasteiger partial charge in [-0.3, -0.25) is 9.59 Å². The second kappa shape index (κ2) is 10.4. The summed E-state index contributed by atoms with van der Waals surface area (Å²) in [5.41, 5.74) is 14.3. The summed E-state index contributed by atoms with van der Waals surface area (Å²) < 4.78 is 3.07. The van der Waals surface area contributed by atoms with E-state index in [-0.39, 0.29) is 11.1 Å². The quantitative estimate of drug-likeness (QED) is 0.203. The van der Waals surface area contributed by atoms with Gasteiger partial charge in [0.25, 0.3) is 11.1 Å². The van der Waals surface area contributed by atoms with E-state index in [0.29, 0.717) is 10.8 Å². The summed E-state index contributed by atoms with van der Waals surface area (Å²) >= 11 is 0. The molecule has 2 aromatic heterocycles. The van der Waals surface area contributed by atoms with E-state index in [4.69, 9.17) is 0 Å². The van der Waals surface area contributed by atoms with Crippen LogP contribution in [-0.2, 0) is 0 Å². The van der Waals surface area contributed by atoms with Crippen LogP contribution in [0.5, 0.6) is 0 Å². The zero-order valence-electron chi connectivity index (χ0n) is 26.3. The predicted molar refractivity (Wildman–Crippen MR) is 190 cm³/mol. The van der Waals surface area contributed by atoms with Gasteiger partial charge in [-0.2, -0.15) is 4.52 Å². The maximum Gasteiger partial charge on any atom is 0.282 e. The van der Waals surface area contributed by atoms with E-state index < -0.39 is 0 Å². The maximum absolute atomic E-state index is 13.8. The van der Waals surface area contributed by atoms with E-state index in [1.54, 1.807) is 4.52 Å². The highest BCUT2D eigenvalue weighted by molar-refractivity contribution is 5.93. The molecule has 8 rings (SSSR count). The van der Waals surface area contributed by atoms with Crippen LogP contribution in [0.2, 0.25) is 0 Å². The lowest BCUT2D eigenvalue weighted by molar-refractivity contribution is 0.841. The van der Waals surface area contributed by atoms with Gasteiger partial charge in [-0.15, -0.1) is 0 Å². The lowest BCUT2D eigenvalue weighted by Gasteiger charge is -2.14. The number of hydrogen-bond acceptors (Lipinski definition) is 2. The van der Waals surface area contributed by atoms with Gasteiger partial charge in [0.1, 0.15) is 0 Å². The number of fused-ring (bicyclic) bond motifs is 5. The van der Waals surface area contributed by atoms with Crippen LogP contribution in [0, 0.1) is 27.7 Å². The number of rotatable bonds is 4. The third-order valence-corrected chi connectivity index (χ3v) is 9.35. The van der Waals surface area contributed by atoms with Crippen LogP contribution in [-0.4, -0.2) is 9.03 Å². The zero-order valence-corrected chi connectivity index (χ0v) is 26.3. The molecule has 0 aliphatic carbocycles. The van der Waals surface area contributed by atoms with Gasteiger partial charge in [-0.1, -0.05) is 97.1 Å². The molecule has 6 aromatic carbocycles.